The van der Waals surface area contributed by atoms with Crippen LogP contribution >= 0.6 is 12.2 Å². The number of amides is 1. The van der Waals surface area contributed by atoms with Crippen LogP contribution in [-0.2, 0) is 11.3 Å². The number of aromatic amines is 1. The van der Waals surface area contributed by atoms with E-state index in [1.807, 2.05) is 38.1 Å². The van der Waals surface area contributed by atoms with Gasteiger partial charge in [-0.2, -0.15) is 5.10 Å². The second-order valence-electron chi connectivity index (χ2n) is 6.15. The summed E-state index contributed by atoms with van der Waals surface area (Å²) in [5.74, 6) is 0.108. The molecule has 1 atom stereocenters. The summed E-state index contributed by atoms with van der Waals surface area (Å²) >= 11 is 5.27. The van der Waals surface area contributed by atoms with Gasteiger partial charge < -0.3 is 5.32 Å². The Kier molecular flexibility index (Phi) is 5.27. The molecule has 0 saturated heterocycles. The monoisotopic (exact) mass is 370 g/mol. The molecule has 3 rings (SSSR count). The Morgan fingerprint density at radius 2 is 2.04 bits per heavy atom. The van der Waals surface area contributed by atoms with Crippen molar-refractivity contribution in [2.45, 2.75) is 26.4 Å². The SMILES string of the molecule is Cc1cccc(-c2n[nH]c(=S)n2CC(=O)N[C@@H](C)c2ccc(F)cc2)c1. The number of halogens is 1. The normalized spacial score (nSPS) is 12.0. The van der Waals surface area contributed by atoms with E-state index in [9.17, 15) is 9.18 Å². The highest BCUT2D eigenvalue weighted by Gasteiger charge is 2.15. The molecule has 0 aliphatic rings. The second-order valence-corrected chi connectivity index (χ2v) is 6.54. The van der Waals surface area contributed by atoms with Crippen molar-refractivity contribution in [1.29, 1.82) is 0 Å². The lowest BCUT2D eigenvalue weighted by Crippen LogP contribution is -2.30. The minimum Gasteiger partial charge on any atom is -0.348 e. The average Bonchev–Trinajstić information content (AvgIpc) is 2.96. The van der Waals surface area contributed by atoms with E-state index in [2.05, 4.69) is 15.5 Å². The van der Waals surface area contributed by atoms with Crippen LogP contribution in [0.3, 0.4) is 0 Å². The number of carbonyl (C=O) groups is 1. The number of hydrogen-bond acceptors (Lipinski definition) is 3. The van der Waals surface area contributed by atoms with E-state index < -0.39 is 0 Å². The van der Waals surface area contributed by atoms with Crippen LogP contribution < -0.4 is 5.32 Å². The molecule has 1 amide bonds. The van der Waals surface area contributed by atoms with Crippen molar-refractivity contribution >= 4 is 18.1 Å². The van der Waals surface area contributed by atoms with Crippen LogP contribution in [0.4, 0.5) is 4.39 Å². The molecule has 26 heavy (non-hydrogen) atoms. The van der Waals surface area contributed by atoms with E-state index >= 15 is 0 Å². The molecule has 3 aromatic rings. The van der Waals surface area contributed by atoms with Gasteiger partial charge in [0.2, 0.25) is 5.91 Å². The van der Waals surface area contributed by atoms with Gasteiger partial charge in [0.15, 0.2) is 10.6 Å². The summed E-state index contributed by atoms with van der Waals surface area (Å²) in [6.07, 6.45) is 0. The summed E-state index contributed by atoms with van der Waals surface area (Å²) in [6, 6.07) is 13.7. The number of H-pyrrole nitrogens is 1. The number of hydrogen-bond donors (Lipinski definition) is 2. The van der Waals surface area contributed by atoms with Crippen molar-refractivity contribution < 1.29 is 9.18 Å². The fourth-order valence-electron chi connectivity index (χ4n) is 2.73. The summed E-state index contributed by atoms with van der Waals surface area (Å²) in [7, 11) is 0. The van der Waals surface area contributed by atoms with Crippen molar-refractivity contribution in [3.8, 4) is 11.4 Å². The molecule has 0 spiro atoms. The second kappa shape index (κ2) is 7.61. The smallest absolute Gasteiger partial charge is 0.240 e. The van der Waals surface area contributed by atoms with Crippen LogP contribution in [-0.4, -0.2) is 20.7 Å². The van der Waals surface area contributed by atoms with Crippen LogP contribution in [0.15, 0.2) is 48.5 Å². The zero-order valence-electron chi connectivity index (χ0n) is 14.5. The molecule has 5 nitrogen and oxygen atoms in total. The first kappa shape index (κ1) is 18.0. The zero-order chi connectivity index (χ0) is 18.7. The van der Waals surface area contributed by atoms with Gasteiger partial charge in [-0.3, -0.25) is 14.5 Å². The first-order valence-electron chi connectivity index (χ1n) is 8.21. The fourth-order valence-corrected chi connectivity index (χ4v) is 2.93. The van der Waals surface area contributed by atoms with Crippen molar-refractivity contribution in [3.05, 3.63) is 70.2 Å². The third kappa shape index (κ3) is 4.05. The molecule has 0 aliphatic carbocycles. The number of benzene rings is 2. The van der Waals surface area contributed by atoms with E-state index in [-0.39, 0.29) is 24.3 Å². The molecule has 1 heterocycles. The van der Waals surface area contributed by atoms with E-state index in [1.54, 1.807) is 16.7 Å². The molecular weight excluding hydrogens is 351 g/mol. The first-order valence-corrected chi connectivity index (χ1v) is 8.62. The molecule has 2 N–H and O–H groups in total. The predicted molar refractivity (Wildman–Crippen MR) is 101 cm³/mol. The van der Waals surface area contributed by atoms with Crippen LogP contribution in [0, 0.1) is 17.5 Å². The Labute approximate surface area is 155 Å². The third-order valence-corrected chi connectivity index (χ3v) is 4.40. The number of aryl methyl sites for hydroxylation is 1. The van der Waals surface area contributed by atoms with Crippen molar-refractivity contribution in [1.82, 2.24) is 20.1 Å². The standard InChI is InChI=1S/C19H19FN4OS/c1-12-4-3-5-15(10-12)18-22-23-19(26)24(18)11-17(25)21-13(2)14-6-8-16(20)9-7-14/h3-10,13H,11H2,1-2H3,(H,21,25)(H,23,26)/t13-/m0/s1. The Bertz CT molecular complexity index is 978. The molecule has 7 heteroatoms. The topological polar surface area (TPSA) is 62.7 Å². The Hall–Kier alpha value is -2.80. The Balaban J connectivity index is 1.76. The van der Waals surface area contributed by atoms with Crippen LogP contribution in [0.25, 0.3) is 11.4 Å². The molecule has 2 aromatic carbocycles. The van der Waals surface area contributed by atoms with Gasteiger partial charge in [0.05, 0.1) is 6.04 Å². The maximum atomic E-state index is 13.0. The first-order chi connectivity index (χ1) is 12.4. The summed E-state index contributed by atoms with van der Waals surface area (Å²) in [5, 5.41) is 9.90. The van der Waals surface area contributed by atoms with Gasteiger partial charge in [-0.25, -0.2) is 4.39 Å². The average molecular weight is 370 g/mol. The summed E-state index contributed by atoms with van der Waals surface area (Å²) < 4.78 is 15.1. The molecule has 0 unspecified atom stereocenters. The minimum atomic E-state index is -0.306. The molecule has 0 bridgehead atoms. The van der Waals surface area contributed by atoms with E-state index in [1.165, 1.54) is 12.1 Å². The highest BCUT2D eigenvalue weighted by molar-refractivity contribution is 7.71. The van der Waals surface area contributed by atoms with Gasteiger partial charge in [-0.1, -0.05) is 35.9 Å². The number of nitrogens with zero attached hydrogens (tertiary/aromatic N) is 2. The number of aromatic nitrogens is 3. The van der Waals surface area contributed by atoms with Crippen LogP contribution in [0.2, 0.25) is 0 Å². The maximum absolute atomic E-state index is 13.0. The number of nitrogens with one attached hydrogen (secondary N) is 2. The maximum Gasteiger partial charge on any atom is 0.240 e. The summed E-state index contributed by atoms with van der Waals surface area (Å²) in [6.45, 7) is 3.89. The number of carbonyl (C=O) groups excluding carboxylic acids is 1. The van der Waals surface area contributed by atoms with Gasteiger partial charge >= 0.3 is 0 Å². The molecule has 0 saturated carbocycles. The molecular formula is C19H19FN4OS. The van der Waals surface area contributed by atoms with E-state index in [0.29, 0.717) is 10.6 Å². The lowest BCUT2D eigenvalue weighted by atomic mass is 10.1. The Morgan fingerprint density at radius 3 is 2.73 bits per heavy atom. The Morgan fingerprint density at radius 1 is 1.31 bits per heavy atom. The number of rotatable bonds is 5. The predicted octanol–water partition coefficient (Wildman–Crippen LogP) is 3.93. The molecule has 0 aliphatic heterocycles. The zero-order valence-corrected chi connectivity index (χ0v) is 15.3. The van der Waals surface area contributed by atoms with Crippen LogP contribution in [0.1, 0.15) is 24.1 Å². The summed E-state index contributed by atoms with van der Waals surface area (Å²) in [5.41, 5.74) is 2.81. The quantitative estimate of drug-likeness (QED) is 0.669. The van der Waals surface area contributed by atoms with Crippen molar-refractivity contribution in [2.75, 3.05) is 0 Å². The largest absolute Gasteiger partial charge is 0.348 e. The van der Waals surface area contributed by atoms with E-state index in [0.717, 1.165) is 16.7 Å². The molecule has 0 radical (unpaired) electrons. The van der Waals surface area contributed by atoms with Crippen molar-refractivity contribution in [3.63, 3.8) is 0 Å². The minimum absolute atomic E-state index is 0.0458. The van der Waals surface area contributed by atoms with Crippen molar-refractivity contribution in [2.24, 2.45) is 0 Å². The lowest BCUT2D eigenvalue weighted by Gasteiger charge is -2.15. The fraction of sp³-hybridized carbons (Fsp3) is 0.211. The lowest BCUT2D eigenvalue weighted by molar-refractivity contribution is -0.122. The summed E-state index contributed by atoms with van der Waals surface area (Å²) in [4.78, 5) is 12.5. The van der Waals surface area contributed by atoms with E-state index in [4.69, 9.17) is 12.2 Å². The highest BCUT2D eigenvalue weighted by Crippen LogP contribution is 2.19. The van der Waals surface area contributed by atoms with Gasteiger partial charge in [-0.05, 0) is 49.8 Å². The molecule has 134 valence electrons. The van der Waals surface area contributed by atoms with Gasteiger partial charge in [0.25, 0.3) is 0 Å². The van der Waals surface area contributed by atoms with Crippen LogP contribution in [0.5, 0.6) is 0 Å². The van der Waals surface area contributed by atoms with Gasteiger partial charge in [0.1, 0.15) is 12.4 Å². The van der Waals surface area contributed by atoms with Gasteiger partial charge in [0, 0.05) is 5.56 Å². The third-order valence-electron chi connectivity index (χ3n) is 4.08. The van der Waals surface area contributed by atoms with Gasteiger partial charge in [-0.15, -0.1) is 0 Å². The molecule has 0 fully saturated rings. The highest BCUT2D eigenvalue weighted by atomic mass is 32.1. The molecule has 1 aromatic heterocycles.